The van der Waals surface area contributed by atoms with Gasteiger partial charge in [-0.3, -0.25) is 4.90 Å². The number of rotatable bonds is 7. The summed E-state index contributed by atoms with van der Waals surface area (Å²) >= 11 is 0. The lowest BCUT2D eigenvalue weighted by molar-refractivity contribution is 0.184. The highest BCUT2D eigenvalue weighted by Gasteiger charge is 2.32. The molecule has 1 aromatic heterocycles. The topological polar surface area (TPSA) is 42.4 Å². The first-order valence-corrected chi connectivity index (χ1v) is 6.83. The van der Waals surface area contributed by atoms with Crippen LogP contribution in [0.4, 0.5) is 0 Å². The van der Waals surface area contributed by atoms with Crippen molar-refractivity contribution in [2.75, 3.05) is 19.6 Å². The molecule has 0 saturated heterocycles. The number of hydrogen-bond donors (Lipinski definition) is 1. The lowest BCUT2D eigenvalue weighted by Crippen LogP contribution is -2.36. The summed E-state index contributed by atoms with van der Waals surface area (Å²) in [6, 6.07) is 2.42. The van der Waals surface area contributed by atoms with E-state index in [1.54, 1.807) is 6.26 Å². The fourth-order valence-electron chi connectivity index (χ4n) is 2.55. The van der Waals surface area contributed by atoms with E-state index in [9.17, 15) is 0 Å². The van der Waals surface area contributed by atoms with Gasteiger partial charge in [0.2, 0.25) is 0 Å². The molecular formula is C14H22N2O. The second kappa shape index (κ2) is 4.83. The average molecular weight is 234 g/mol. The predicted octanol–water partition coefficient (Wildman–Crippen LogP) is 2.40. The first-order chi connectivity index (χ1) is 8.36. The van der Waals surface area contributed by atoms with Crippen molar-refractivity contribution in [3.05, 3.63) is 24.2 Å². The largest absolute Gasteiger partial charge is 0.472 e. The van der Waals surface area contributed by atoms with Crippen molar-refractivity contribution >= 4 is 0 Å². The van der Waals surface area contributed by atoms with Crippen LogP contribution < -0.4 is 5.73 Å². The van der Waals surface area contributed by atoms with Gasteiger partial charge in [0.1, 0.15) is 0 Å². The molecule has 1 heterocycles. The zero-order valence-corrected chi connectivity index (χ0v) is 10.3. The molecule has 1 unspecified atom stereocenters. The number of furan rings is 1. The molecule has 2 aliphatic rings. The van der Waals surface area contributed by atoms with Crippen LogP contribution in [0.25, 0.3) is 0 Å². The van der Waals surface area contributed by atoms with Gasteiger partial charge in [0.05, 0.1) is 18.6 Å². The van der Waals surface area contributed by atoms with E-state index in [1.807, 2.05) is 6.26 Å². The average Bonchev–Trinajstić information content (AvgIpc) is 3.24. The molecular weight excluding hydrogens is 212 g/mol. The van der Waals surface area contributed by atoms with Gasteiger partial charge in [-0.05, 0) is 43.6 Å². The van der Waals surface area contributed by atoms with Gasteiger partial charge in [-0.15, -0.1) is 0 Å². The zero-order chi connectivity index (χ0) is 11.7. The Morgan fingerprint density at radius 1 is 1.24 bits per heavy atom. The van der Waals surface area contributed by atoms with Crippen LogP contribution in [0.5, 0.6) is 0 Å². The third-order valence-corrected chi connectivity index (χ3v) is 3.97. The monoisotopic (exact) mass is 234 g/mol. The molecule has 2 fully saturated rings. The van der Waals surface area contributed by atoms with E-state index in [-0.39, 0.29) is 0 Å². The molecule has 0 aromatic carbocycles. The third-order valence-electron chi connectivity index (χ3n) is 3.97. The van der Waals surface area contributed by atoms with Crippen molar-refractivity contribution in [2.45, 2.75) is 31.7 Å². The highest BCUT2D eigenvalue weighted by molar-refractivity contribution is 5.13. The summed E-state index contributed by atoms with van der Waals surface area (Å²) in [7, 11) is 0. The highest BCUT2D eigenvalue weighted by Crippen LogP contribution is 2.36. The Hall–Kier alpha value is -0.800. The molecule has 3 heteroatoms. The Kier molecular flexibility index (Phi) is 3.21. The van der Waals surface area contributed by atoms with Gasteiger partial charge in [-0.1, -0.05) is 0 Å². The van der Waals surface area contributed by atoms with E-state index < -0.39 is 0 Å². The quantitative estimate of drug-likeness (QED) is 0.787. The van der Waals surface area contributed by atoms with Gasteiger partial charge in [-0.25, -0.2) is 0 Å². The Bertz CT molecular complexity index is 327. The standard InChI is InChI=1S/C14H22N2O/c15-7-14(13-5-6-17-10-13)16(8-11-1-2-11)9-12-3-4-12/h5-6,10-12,14H,1-4,7-9,15H2. The highest BCUT2D eigenvalue weighted by atomic mass is 16.3. The molecule has 17 heavy (non-hydrogen) atoms. The lowest BCUT2D eigenvalue weighted by Gasteiger charge is -2.30. The molecule has 94 valence electrons. The summed E-state index contributed by atoms with van der Waals surface area (Å²) in [5.41, 5.74) is 7.22. The maximum Gasteiger partial charge on any atom is 0.0950 e. The molecule has 1 aromatic rings. The lowest BCUT2D eigenvalue weighted by atomic mass is 10.1. The molecule has 0 amide bonds. The van der Waals surface area contributed by atoms with Crippen LogP contribution >= 0.6 is 0 Å². The Morgan fingerprint density at radius 2 is 1.88 bits per heavy atom. The number of nitrogens with zero attached hydrogens (tertiary/aromatic N) is 1. The van der Waals surface area contributed by atoms with Gasteiger partial charge >= 0.3 is 0 Å². The summed E-state index contributed by atoms with van der Waals surface area (Å²) < 4.78 is 5.21. The van der Waals surface area contributed by atoms with Crippen molar-refractivity contribution in [1.29, 1.82) is 0 Å². The van der Waals surface area contributed by atoms with Crippen LogP contribution in [0.15, 0.2) is 23.0 Å². The van der Waals surface area contributed by atoms with Crippen LogP contribution in [0.1, 0.15) is 37.3 Å². The van der Waals surface area contributed by atoms with E-state index in [2.05, 4.69) is 11.0 Å². The minimum absolute atomic E-state index is 0.356. The Morgan fingerprint density at radius 3 is 2.29 bits per heavy atom. The van der Waals surface area contributed by atoms with Gasteiger partial charge in [0.25, 0.3) is 0 Å². The first kappa shape index (κ1) is 11.3. The van der Waals surface area contributed by atoms with E-state index in [0.717, 1.165) is 11.8 Å². The van der Waals surface area contributed by atoms with Crippen molar-refractivity contribution in [3.63, 3.8) is 0 Å². The minimum atomic E-state index is 0.356. The second-order valence-electron chi connectivity index (χ2n) is 5.65. The molecule has 1 atom stereocenters. The van der Waals surface area contributed by atoms with E-state index in [0.29, 0.717) is 12.6 Å². The fraction of sp³-hybridized carbons (Fsp3) is 0.714. The second-order valence-corrected chi connectivity index (χ2v) is 5.65. The van der Waals surface area contributed by atoms with Crippen molar-refractivity contribution in [3.8, 4) is 0 Å². The van der Waals surface area contributed by atoms with E-state index >= 15 is 0 Å². The van der Waals surface area contributed by atoms with Gasteiger partial charge in [-0.2, -0.15) is 0 Å². The SMILES string of the molecule is NCC(c1ccoc1)N(CC1CC1)CC1CC1. The molecule has 2 saturated carbocycles. The predicted molar refractivity (Wildman–Crippen MR) is 67.5 cm³/mol. The normalized spacial score (nSPS) is 22.0. The molecule has 0 aliphatic heterocycles. The van der Waals surface area contributed by atoms with Crippen LogP contribution in [-0.4, -0.2) is 24.5 Å². The van der Waals surface area contributed by atoms with Crippen LogP contribution in [0.3, 0.4) is 0 Å². The van der Waals surface area contributed by atoms with Gasteiger partial charge < -0.3 is 10.2 Å². The first-order valence-electron chi connectivity index (χ1n) is 6.83. The summed E-state index contributed by atoms with van der Waals surface area (Å²) in [4.78, 5) is 2.60. The molecule has 0 bridgehead atoms. The maximum absolute atomic E-state index is 5.97. The molecule has 2 aliphatic carbocycles. The zero-order valence-electron chi connectivity index (χ0n) is 10.3. The molecule has 2 N–H and O–H groups in total. The third kappa shape index (κ3) is 2.90. The van der Waals surface area contributed by atoms with Crippen molar-refractivity contribution in [2.24, 2.45) is 17.6 Å². The molecule has 3 nitrogen and oxygen atoms in total. The Labute approximate surface area is 103 Å². The summed E-state index contributed by atoms with van der Waals surface area (Å²) in [6.45, 7) is 3.14. The van der Waals surface area contributed by atoms with E-state index in [1.165, 1.54) is 44.3 Å². The summed E-state index contributed by atoms with van der Waals surface area (Å²) in [5, 5.41) is 0. The molecule has 0 spiro atoms. The number of nitrogens with two attached hydrogens (primary N) is 1. The van der Waals surface area contributed by atoms with Gasteiger partial charge in [0.15, 0.2) is 0 Å². The number of hydrogen-bond acceptors (Lipinski definition) is 3. The van der Waals surface area contributed by atoms with Gasteiger partial charge in [0, 0.05) is 25.2 Å². The molecule has 0 radical (unpaired) electrons. The minimum Gasteiger partial charge on any atom is -0.472 e. The molecule has 3 rings (SSSR count). The summed E-state index contributed by atoms with van der Waals surface area (Å²) in [5.74, 6) is 1.85. The van der Waals surface area contributed by atoms with Crippen molar-refractivity contribution < 1.29 is 4.42 Å². The van der Waals surface area contributed by atoms with E-state index in [4.69, 9.17) is 10.2 Å². The smallest absolute Gasteiger partial charge is 0.0950 e. The van der Waals surface area contributed by atoms with Crippen molar-refractivity contribution in [1.82, 2.24) is 4.90 Å². The van der Waals surface area contributed by atoms with Crippen LogP contribution in [0.2, 0.25) is 0 Å². The summed E-state index contributed by atoms with van der Waals surface area (Å²) in [6.07, 6.45) is 9.23. The fourth-order valence-corrected chi connectivity index (χ4v) is 2.55. The van der Waals surface area contributed by atoms with Crippen LogP contribution in [0, 0.1) is 11.8 Å². The maximum atomic E-state index is 5.97. The van der Waals surface area contributed by atoms with Crippen LogP contribution in [-0.2, 0) is 0 Å². The Balaban J connectivity index is 1.69.